The van der Waals surface area contributed by atoms with Crippen molar-refractivity contribution in [2.24, 2.45) is 0 Å². The van der Waals surface area contributed by atoms with Gasteiger partial charge in [0.2, 0.25) is 0 Å². The molecule has 3 heterocycles. The summed E-state index contributed by atoms with van der Waals surface area (Å²) < 4.78 is 1.03. The van der Waals surface area contributed by atoms with Crippen LogP contribution in [-0.2, 0) is 0 Å². The number of carboxylic acid groups (broad SMARTS) is 1. The van der Waals surface area contributed by atoms with E-state index in [4.69, 9.17) is 5.11 Å². The number of carbonyl (C=O) groups is 1. The fourth-order valence-electron chi connectivity index (χ4n) is 1.44. The van der Waals surface area contributed by atoms with E-state index in [-0.39, 0.29) is 0 Å². The Hall–Kier alpha value is -1.44. The largest absolute Gasteiger partial charge is 0.477 e. The minimum absolute atomic E-state index is 0.342. The maximum Gasteiger partial charge on any atom is 0.345 e. The molecule has 90 valence electrons. The molecule has 0 aliphatic rings. The Kier molecular flexibility index (Phi) is 3.02. The lowest BCUT2D eigenvalue weighted by atomic mass is 10.5. The van der Waals surface area contributed by atoms with E-state index >= 15 is 0 Å². The fourth-order valence-corrected chi connectivity index (χ4v) is 4.15. The number of carboxylic acids is 1. The van der Waals surface area contributed by atoms with Crippen LogP contribution < -0.4 is 0 Å². The van der Waals surface area contributed by atoms with E-state index in [1.807, 2.05) is 16.8 Å². The van der Waals surface area contributed by atoms with Gasteiger partial charge in [-0.2, -0.15) is 0 Å². The Morgan fingerprint density at radius 1 is 1.33 bits per heavy atom. The second-order valence-electron chi connectivity index (χ2n) is 3.37. The number of aromatic carboxylic acids is 1. The Morgan fingerprint density at radius 3 is 3.00 bits per heavy atom. The van der Waals surface area contributed by atoms with Crippen molar-refractivity contribution >= 4 is 50.6 Å². The third kappa shape index (κ3) is 2.12. The lowest BCUT2D eigenvalue weighted by Crippen LogP contribution is -1.89. The summed E-state index contributed by atoms with van der Waals surface area (Å²) in [6.45, 7) is 0. The number of fused-ring (bicyclic) bond motifs is 1. The first kappa shape index (κ1) is 11.6. The number of rotatable bonds is 3. The van der Waals surface area contributed by atoms with Gasteiger partial charge in [0.1, 0.15) is 16.2 Å². The van der Waals surface area contributed by atoms with Crippen LogP contribution in [0.5, 0.6) is 0 Å². The second kappa shape index (κ2) is 4.68. The lowest BCUT2D eigenvalue weighted by Gasteiger charge is -1.98. The van der Waals surface area contributed by atoms with Crippen LogP contribution in [0, 0.1) is 0 Å². The Morgan fingerprint density at radius 2 is 2.22 bits per heavy atom. The molecule has 0 bridgehead atoms. The molecule has 0 aliphatic heterocycles. The van der Waals surface area contributed by atoms with E-state index in [0.717, 1.165) is 20.1 Å². The minimum atomic E-state index is -0.893. The van der Waals surface area contributed by atoms with Crippen molar-refractivity contribution < 1.29 is 9.90 Å². The predicted molar refractivity (Wildman–Crippen MR) is 72.8 cm³/mol. The Balaban J connectivity index is 1.96. The third-order valence-electron chi connectivity index (χ3n) is 2.21. The standard InChI is InChI=1S/C11H6N2O2S3/c14-11(15)8-3-6(4-17-8)18-10-9-7(1-2-16-9)12-5-13-10/h1-5H,(H,14,15). The van der Waals surface area contributed by atoms with Gasteiger partial charge in [-0.1, -0.05) is 11.8 Å². The molecule has 0 fully saturated rings. The first-order chi connectivity index (χ1) is 8.74. The van der Waals surface area contributed by atoms with Crippen LogP contribution in [0.15, 0.2) is 39.1 Å². The van der Waals surface area contributed by atoms with E-state index < -0.39 is 5.97 Å². The highest BCUT2D eigenvalue weighted by Crippen LogP contribution is 2.35. The molecular weight excluding hydrogens is 288 g/mol. The molecule has 0 saturated heterocycles. The van der Waals surface area contributed by atoms with Crippen molar-refractivity contribution in [1.82, 2.24) is 9.97 Å². The highest BCUT2D eigenvalue weighted by Gasteiger charge is 2.11. The molecule has 3 aromatic rings. The summed E-state index contributed by atoms with van der Waals surface area (Å²) in [5, 5.41) is 13.5. The number of nitrogens with zero attached hydrogens (tertiary/aromatic N) is 2. The molecular formula is C11H6N2O2S3. The summed E-state index contributed by atoms with van der Waals surface area (Å²) in [6.07, 6.45) is 1.53. The molecule has 0 radical (unpaired) electrons. The van der Waals surface area contributed by atoms with Gasteiger partial charge >= 0.3 is 5.97 Å². The molecule has 0 atom stereocenters. The summed E-state index contributed by atoms with van der Waals surface area (Å²) in [5.41, 5.74) is 0.922. The van der Waals surface area contributed by atoms with Crippen molar-refractivity contribution in [3.8, 4) is 0 Å². The highest BCUT2D eigenvalue weighted by atomic mass is 32.2. The molecule has 18 heavy (non-hydrogen) atoms. The van der Waals surface area contributed by atoms with Crippen LogP contribution >= 0.6 is 34.4 Å². The molecule has 3 aromatic heterocycles. The fraction of sp³-hybridized carbons (Fsp3) is 0. The van der Waals surface area contributed by atoms with E-state index in [1.165, 1.54) is 29.4 Å². The van der Waals surface area contributed by atoms with E-state index in [2.05, 4.69) is 9.97 Å². The van der Waals surface area contributed by atoms with Gasteiger partial charge in [-0.05, 0) is 17.5 Å². The highest BCUT2D eigenvalue weighted by molar-refractivity contribution is 7.99. The summed E-state index contributed by atoms with van der Waals surface area (Å²) >= 11 is 4.28. The smallest absolute Gasteiger partial charge is 0.345 e. The zero-order valence-corrected chi connectivity index (χ0v) is 11.3. The predicted octanol–water partition coefficient (Wildman–Crippen LogP) is 3.60. The van der Waals surface area contributed by atoms with Gasteiger partial charge in [-0.25, -0.2) is 14.8 Å². The van der Waals surface area contributed by atoms with Crippen LogP contribution in [-0.4, -0.2) is 21.0 Å². The summed E-state index contributed by atoms with van der Waals surface area (Å²) in [4.78, 5) is 20.5. The number of thiophene rings is 2. The average Bonchev–Trinajstić information content (AvgIpc) is 2.97. The SMILES string of the molecule is O=C(O)c1cc(Sc2ncnc3ccsc23)cs1. The molecule has 3 rings (SSSR count). The van der Waals surface area contributed by atoms with E-state index in [1.54, 1.807) is 17.4 Å². The van der Waals surface area contributed by atoms with Crippen LogP contribution in [0.3, 0.4) is 0 Å². The van der Waals surface area contributed by atoms with Crippen molar-refractivity contribution in [3.63, 3.8) is 0 Å². The van der Waals surface area contributed by atoms with Crippen molar-refractivity contribution in [3.05, 3.63) is 34.1 Å². The summed E-state index contributed by atoms with van der Waals surface area (Å²) in [7, 11) is 0. The van der Waals surface area contributed by atoms with E-state index in [0.29, 0.717) is 4.88 Å². The minimum Gasteiger partial charge on any atom is -0.477 e. The van der Waals surface area contributed by atoms with Gasteiger partial charge < -0.3 is 5.11 Å². The topological polar surface area (TPSA) is 63.1 Å². The van der Waals surface area contributed by atoms with Crippen molar-refractivity contribution in [2.45, 2.75) is 9.92 Å². The van der Waals surface area contributed by atoms with Crippen molar-refractivity contribution in [2.75, 3.05) is 0 Å². The summed E-state index contributed by atoms with van der Waals surface area (Å²) in [6, 6.07) is 3.61. The van der Waals surface area contributed by atoms with Gasteiger partial charge in [0.15, 0.2) is 0 Å². The van der Waals surface area contributed by atoms with Gasteiger partial charge in [-0.15, -0.1) is 22.7 Å². The van der Waals surface area contributed by atoms with Crippen LogP contribution in [0.4, 0.5) is 0 Å². The normalized spacial score (nSPS) is 10.9. The lowest BCUT2D eigenvalue weighted by molar-refractivity contribution is 0.0702. The Bertz CT molecular complexity index is 720. The monoisotopic (exact) mass is 294 g/mol. The van der Waals surface area contributed by atoms with Crippen molar-refractivity contribution in [1.29, 1.82) is 0 Å². The van der Waals surface area contributed by atoms with Gasteiger partial charge in [0, 0.05) is 10.3 Å². The molecule has 1 N–H and O–H groups in total. The molecule has 4 nitrogen and oxygen atoms in total. The van der Waals surface area contributed by atoms with Gasteiger partial charge in [0.25, 0.3) is 0 Å². The maximum absolute atomic E-state index is 10.8. The van der Waals surface area contributed by atoms with Gasteiger partial charge in [-0.3, -0.25) is 0 Å². The first-order valence-electron chi connectivity index (χ1n) is 4.92. The zero-order chi connectivity index (χ0) is 12.5. The quantitative estimate of drug-likeness (QED) is 0.748. The molecule has 0 spiro atoms. The maximum atomic E-state index is 10.8. The molecule has 0 aliphatic carbocycles. The van der Waals surface area contributed by atoms with Crippen LogP contribution in [0.1, 0.15) is 9.67 Å². The van der Waals surface area contributed by atoms with Crippen LogP contribution in [0.25, 0.3) is 10.2 Å². The molecule has 0 saturated carbocycles. The molecule has 0 amide bonds. The first-order valence-corrected chi connectivity index (χ1v) is 7.49. The van der Waals surface area contributed by atoms with Gasteiger partial charge in [0.05, 0.1) is 10.2 Å². The summed E-state index contributed by atoms with van der Waals surface area (Å²) in [5.74, 6) is -0.893. The Labute approximate surface area is 114 Å². The zero-order valence-electron chi connectivity index (χ0n) is 8.86. The third-order valence-corrected chi connectivity index (χ3v) is 5.29. The second-order valence-corrected chi connectivity index (χ2v) is 6.26. The average molecular weight is 294 g/mol. The number of aromatic nitrogens is 2. The van der Waals surface area contributed by atoms with Crippen LogP contribution in [0.2, 0.25) is 0 Å². The molecule has 7 heteroatoms. The molecule has 0 unspecified atom stereocenters. The number of hydrogen-bond acceptors (Lipinski definition) is 6. The molecule has 0 aromatic carbocycles. The number of hydrogen-bond donors (Lipinski definition) is 1. The van der Waals surface area contributed by atoms with E-state index in [9.17, 15) is 4.79 Å².